The zero-order valence-electron chi connectivity index (χ0n) is 28.3. The van der Waals surface area contributed by atoms with E-state index >= 15 is 0 Å². The van der Waals surface area contributed by atoms with Gasteiger partial charge >= 0.3 is 6.18 Å². The fourth-order valence-electron chi connectivity index (χ4n) is 5.53. The van der Waals surface area contributed by atoms with Crippen LogP contribution in [0.5, 0.6) is 0 Å². The maximum absolute atomic E-state index is 14.0. The zero-order chi connectivity index (χ0) is 35.3. The number of fused-ring (bicyclic) bond motifs is 1. The van der Waals surface area contributed by atoms with Gasteiger partial charge in [0.1, 0.15) is 12.7 Å². The third-order valence-corrected chi connectivity index (χ3v) is 7.95. The van der Waals surface area contributed by atoms with E-state index in [4.69, 9.17) is 6.42 Å². The van der Waals surface area contributed by atoms with Crippen molar-refractivity contribution in [2.24, 2.45) is 13.0 Å². The average Bonchev–Trinajstić information content (AvgIpc) is 3.66. The van der Waals surface area contributed by atoms with Crippen LogP contribution in [0.15, 0.2) is 61.2 Å². The zero-order valence-corrected chi connectivity index (χ0v) is 28.3. The minimum atomic E-state index is -4.59. The van der Waals surface area contributed by atoms with Crippen LogP contribution in [-0.4, -0.2) is 64.7 Å². The topological polar surface area (TPSA) is 95.4 Å². The lowest BCUT2D eigenvalue weighted by atomic mass is 9.72. The highest BCUT2D eigenvalue weighted by Crippen LogP contribution is 2.43. The van der Waals surface area contributed by atoms with Crippen LogP contribution >= 0.6 is 0 Å². The maximum Gasteiger partial charge on any atom is 0.416 e. The molecular weight excluding hydrogens is 631 g/mol. The third kappa shape index (κ3) is 11.9. The van der Waals surface area contributed by atoms with Crippen molar-refractivity contribution in [3.63, 3.8) is 0 Å². The van der Waals surface area contributed by atoms with Crippen LogP contribution in [0.4, 0.5) is 18.9 Å². The summed E-state index contributed by atoms with van der Waals surface area (Å²) in [6.07, 6.45) is 9.21. The standard InChI is InChI=1S/C31H35F3N4O2.C3H5N3.C2H6.CH4/c1-4-12-37(3)13-6-9-29(39)36-11-10-35-19-22-16-26-27(28(17-22)31(32,33)34)20-38(30(26)40)25-8-5-7-23(18-25)24-14-21(2)15-24;1-6-2-4-5-3-6;1-2;/h1,5-9,16-18,21,24,35H,10-15,19-20H2,2-3H3,(H,36,39);2-3H,1H3;1-2H3;1H4/b9-6+;;;. The highest BCUT2D eigenvalue weighted by molar-refractivity contribution is 6.10. The minimum absolute atomic E-state index is 0. The van der Waals surface area contributed by atoms with Crippen molar-refractivity contribution in [3.05, 3.63) is 89.0 Å². The van der Waals surface area contributed by atoms with E-state index in [2.05, 4.69) is 33.7 Å². The van der Waals surface area contributed by atoms with E-state index in [0.717, 1.165) is 24.5 Å². The summed E-state index contributed by atoms with van der Waals surface area (Å²) in [7, 11) is 3.72. The number of aryl methyl sites for hydroxylation is 1. The quantitative estimate of drug-likeness (QED) is 0.143. The van der Waals surface area contributed by atoms with E-state index in [1.165, 1.54) is 11.0 Å². The van der Waals surface area contributed by atoms with Crippen LogP contribution in [0.25, 0.3) is 0 Å². The molecule has 0 unspecified atom stereocenters. The Hall–Kier alpha value is -4.47. The van der Waals surface area contributed by atoms with Gasteiger partial charge < -0.3 is 20.1 Å². The molecule has 2 amide bonds. The van der Waals surface area contributed by atoms with E-state index in [9.17, 15) is 22.8 Å². The molecule has 49 heavy (non-hydrogen) atoms. The van der Waals surface area contributed by atoms with Crippen LogP contribution in [0, 0.1) is 18.3 Å². The highest BCUT2D eigenvalue weighted by atomic mass is 19.4. The summed E-state index contributed by atoms with van der Waals surface area (Å²) in [6, 6.07) is 10.3. The van der Waals surface area contributed by atoms with Crippen LogP contribution in [0.1, 0.15) is 79.6 Å². The predicted octanol–water partition coefficient (Wildman–Crippen LogP) is 6.18. The molecule has 0 radical (unpaired) electrons. The van der Waals surface area contributed by atoms with Crippen molar-refractivity contribution in [1.29, 1.82) is 0 Å². The first-order valence-corrected chi connectivity index (χ1v) is 16.2. The molecule has 1 aromatic heterocycles. The number of carbonyl (C=O) groups excluding carboxylic acids is 2. The van der Waals surface area contributed by atoms with Crippen molar-refractivity contribution >= 4 is 17.5 Å². The van der Waals surface area contributed by atoms with Gasteiger partial charge in [-0.1, -0.05) is 52.3 Å². The van der Waals surface area contributed by atoms with Gasteiger partial charge in [-0.2, -0.15) is 13.2 Å². The number of anilines is 1. The Bertz CT molecular complexity index is 1560. The van der Waals surface area contributed by atoms with E-state index in [1.54, 1.807) is 35.4 Å². The molecule has 12 heteroatoms. The Morgan fingerprint density at radius 3 is 2.43 bits per heavy atom. The van der Waals surface area contributed by atoms with Crippen LogP contribution in [0.3, 0.4) is 0 Å². The lowest BCUT2D eigenvalue weighted by Gasteiger charge is -2.33. The van der Waals surface area contributed by atoms with Crippen LogP contribution in [-0.2, 0) is 31.1 Å². The number of hydrogen-bond donors (Lipinski definition) is 2. The molecule has 0 spiro atoms. The number of terminal acetylenes is 1. The molecule has 5 rings (SSSR count). The average molecular weight is 682 g/mol. The Balaban J connectivity index is 0.000000823. The van der Waals surface area contributed by atoms with Gasteiger partial charge in [0.05, 0.1) is 18.7 Å². The van der Waals surface area contributed by atoms with Crippen molar-refractivity contribution in [2.45, 2.75) is 66.2 Å². The van der Waals surface area contributed by atoms with Crippen molar-refractivity contribution in [3.8, 4) is 12.3 Å². The van der Waals surface area contributed by atoms with Crippen molar-refractivity contribution in [1.82, 2.24) is 30.3 Å². The van der Waals surface area contributed by atoms with E-state index in [0.29, 0.717) is 49.3 Å². The molecular formula is C37H50F3N7O2. The first kappa shape index (κ1) is 40.7. The van der Waals surface area contributed by atoms with Gasteiger partial charge in [-0.15, -0.1) is 16.6 Å². The molecule has 2 aromatic carbocycles. The number of amides is 2. The summed E-state index contributed by atoms with van der Waals surface area (Å²) in [5.41, 5.74) is 1.42. The van der Waals surface area contributed by atoms with Gasteiger partial charge in [-0.25, -0.2) is 0 Å². The largest absolute Gasteiger partial charge is 0.416 e. The lowest BCUT2D eigenvalue weighted by molar-refractivity contribution is -0.138. The number of halogens is 3. The molecule has 9 nitrogen and oxygen atoms in total. The second kappa shape index (κ2) is 19.5. The molecule has 3 aromatic rings. The minimum Gasteiger partial charge on any atom is -0.351 e. The Morgan fingerprint density at radius 1 is 1.14 bits per heavy atom. The SMILES string of the molecule is C.C#CCN(C)C/C=C/C(=O)NCCNCc1cc2c(c(C(F)(F)F)c1)CN(c1cccc(C3CC(C)C3)c1)C2=O.CC.Cn1cnnc1. The Morgan fingerprint density at radius 2 is 1.84 bits per heavy atom. The molecule has 0 bridgehead atoms. The molecule has 2 heterocycles. The highest BCUT2D eigenvalue weighted by Gasteiger charge is 2.40. The molecule has 0 saturated heterocycles. The van der Waals surface area contributed by atoms with E-state index in [-0.39, 0.29) is 37.6 Å². The number of benzene rings is 2. The summed E-state index contributed by atoms with van der Waals surface area (Å²) in [4.78, 5) is 28.6. The normalized spacial score (nSPS) is 16.4. The summed E-state index contributed by atoms with van der Waals surface area (Å²) in [6.45, 7) is 7.87. The lowest BCUT2D eigenvalue weighted by Crippen LogP contribution is -2.30. The van der Waals surface area contributed by atoms with Gasteiger partial charge in [0, 0.05) is 50.6 Å². The van der Waals surface area contributed by atoms with Crippen LogP contribution < -0.4 is 15.5 Å². The number of carbonyl (C=O) groups is 2. The number of nitrogens with zero attached hydrogens (tertiary/aromatic N) is 5. The molecule has 0 atom stereocenters. The van der Waals surface area contributed by atoms with Gasteiger partial charge in [0.25, 0.3) is 5.91 Å². The number of nitrogens with one attached hydrogen (secondary N) is 2. The molecule has 2 aliphatic rings. The molecule has 2 N–H and O–H groups in total. The predicted molar refractivity (Wildman–Crippen MR) is 189 cm³/mol. The van der Waals surface area contributed by atoms with E-state index in [1.807, 2.05) is 51.0 Å². The number of alkyl halides is 3. The van der Waals surface area contributed by atoms with Gasteiger partial charge in [0.15, 0.2) is 0 Å². The molecule has 1 saturated carbocycles. The first-order chi connectivity index (χ1) is 23.0. The fraction of sp³-hybridized carbons (Fsp3) is 0.459. The molecule has 266 valence electrons. The Labute approximate surface area is 289 Å². The van der Waals surface area contributed by atoms with Gasteiger partial charge in [-0.3, -0.25) is 14.5 Å². The number of aromatic nitrogens is 3. The number of likely N-dealkylation sites (N-methyl/N-ethyl adjacent to an activating group) is 1. The summed E-state index contributed by atoms with van der Waals surface area (Å²) in [5.74, 6) is 2.92. The number of rotatable bonds is 11. The second-order valence-corrected chi connectivity index (χ2v) is 11.8. The van der Waals surface area contributed by atoms with Gasteiger partial charge in [-0.05, 0) is 72.7 Å². The Kier molecular flexibility index (Phi) is 16.2. The fourth-order valence-corrected chi connectivity index (χ4v) is 5.53. The second-order valence-electron chi connectivity index (χ2n) is 11.8. The monoisotopic (exact) mass is 681 g/mol. The van der Waals surface area contributed by atoms with Crippen molar-refractivity contribution in [2.75, 3.05) is 38.1 Å². The smallest absolute Gasteiger partial charge is 0.351 e. The van der Waals surface area contributed by atoms with Crippen molar-refractivity contribution < 1.29 is 22.8 Å². The molecule has 1 fully saturated rings. The third-order valence-electron chi connectivity index (χ3n) is 7.95. The molecule has 1 aliphatic carbocycles. The first-order valence-electron chi connectivity index (χ1n) is 16.2. The maximum atomic E-state index is 14.0. The molecule has 1 aliphatic heterocycles. The number of hydrogen-bond acceptors (Lipinski definition) is 6. The van der Waals surface area contributed by atoms with Gasteiger partial charge in [0.2, 0.25) is 5.91 Å². The summed E-state index contributed by atoms with van der Waals surface area (Å²) in [5, 5.41) is 12.8. The summed E-state index contributed by atoms with van der Waals surface area (Å²) >= 11 is 0. The van der Waals surface area contributed by atoms with E-state index < -0.39 is 17.6 Å². The van der Waals surface area contributed by atoms with Crippen LogP contribution in [0.2, 0.25) is 0 Å². The summed E-state index contributed by atoms with van der Waals surface area (Å²) < 4.78 is 43.9.